The van der Waals surface area contributed by atoms with E-state index in [2.05, 4.69) is 10.3 Å². The maximum atomic E-state index is 12.9. The SMILES string of the molecule is O=C(NCC(Oc1ccc(F)cc1)C(=O)O)c1ccnc(OC2CCC2)c1. The first-order valence-electron chi connectivity index (χ1n) is 8.57. The molecule has 142 valence electrons. The zero-order valence-corrected chi connectivity index (χ0v) is 14.4. The fourth-order valence-electron chi connectivity index (χ4n) is 2.42. The molecule has 2 aromatic rings. The monoisotopic (exact) mass is 374 g/mol. The van der Waals surface area contributed by atoms with E-state index in [1.165, 1.54) is 30.5 Å². The van der Waals surface area contributed by atoms with Crippen molar-refractivity contribution in [1.82, 2.24) is 10.3 Å². The number of nitrogens with one attached hydrogen (secondary N) is 1. The molecule has 7 nitrogen and oxygen atoms in total. The number of rotatable bonds is 8. The molecule has 1 saturated carbocycles. The molecule has 1 atom stereocenters. The van der Waals surface area contributed by atoms with E-state index in [0.29, 0.717) is 11.4 Å². The zero-order chi connectivity index (χ0) is 19.2. The van der Waals surface area contributed by atoms with Crippen molar-refractivity contribution in [2.24, 2.45) is 0 Å². The van der Waals surface area contributed by atoms with Crippen molar-refractivity contribution in [2.75, 3.05) is 6.54 Å². The minimum Gasteiger partial charge on any atom is -0.478 e. The topological polar surface area (TPSA) is 97.8 Å². The van der Waals surface area contributed by atoms with E-state index >= 15 is 0 Å². The number of hydrogen-bond donors (Lipinski definition) is 2. The van der Waals surface area contributed by atoms with Crippen LogP contribution in [0.2, 0.25) is 0 Å². The highest BCUT2D eigenvalue weighted by molar-refractivity contribution is 5.94. The van der Waals surface area contributed by atoms with Crippen LogP contribution in [0, 0.1) is 5.82 Å². The van der Waals surface area contributed by atoms with E-state index in [9.17, 15) is 19.1 Å². The number of pyridine rings is 1. The Morgan fingerprint density at radius 1 is 1.26 bits per heavy atom. The number of hydrogen-bond acceptors (Lipinski definition) is 5. The number of aliphatic carboxylic acids is 1. The summed E-state index contributed by atoms with van der Waals surface area (Å²) in [6.45, 7) is -0.257. The number of amides is 1. The van der Waals surface area contributed by atoms with Gasteiger partial charge in [0.2, 0.25) is 12.0 Å². The Bertz CT molecular complexity index is 808. The molecule has 2 N–H and O–H groups in total. The van der Waals surface area contributed by atoms with Gasteiger partial charge in [0.1, 0.15) is 17.7 Å². The van der Waals surface area contributed by atoms with Crippen LogP contribution in [-0.4, -0.2) is 40.7 Å². The van der Waals surface area contributed by atoms with Gasteiger partial charge in [-0.1, -0.05) is 0 Å². The lowest BCUT2D eigenvalue weighted by Gasteiger charge is -2.25. The Balaban J connectivity index is 1.57. The van der Waals surface area contributed by atoms with Gasteiger partial charge in [-0.25, -0.2) is 14.2 Å². The Morgan fingerprint density at radius 3 is 2.63 bits per heavy atom. The Hall–Kier alpha value is -3.16. The third kappa shape index (κ3) is 5.16. The normalized spacial score (nSPS) is 14.7. The first-order chi connectivity index (χ1) is 13.0. The molecule has 3 rings (SSSR count). The minimum absolute atomic E-state index is 0.135. The van der Waals surface area contributed by atoms with Crippen molar-refractivity contribution in [1.29, 1.82) is 0 Å². The summed E-state index contributed by atoms with van der Waals surface area (Å²) in [5.74, 6) is -1.61. The van der Waals surface area contributed by atoms with E-state index < -0.39 is 23.8 Å². The standard InChI is InChI=1S/C19H19FN2O5/c20-13-4-6-15(7-5-13)26-16(19(24)25)11-22-18(23)12-8-9-21-17(10-12)27-14-2-1-3-14/h4-10,14,16H,1-3,11H2,(H,22,23)(H,24,25). The lowest BCUT2D eigenvalue weighted by Crippen LogP contribution is -2.40. The number of benzene rings is 1. The Morgan fingerprint density at radius 2 is 2.00 bits per heavy atom. The van der Waals surface area contributed by atoms with Crippen molar-refractivity contribution in [2.45, 2.75) is 31.5 Å². The predicted octanol–water partition coefficient (Wildman–Crippen LogP) is 2.41. The van der Waals surface area contributed by atoms with Gasteiger partial charge in [0.05, 0.1) is 6.54 Å². The van der Waals surface area contributed by atoms with Gasteiger partial charge in [0.25, 0.3) is 5.91 Å². The largest absolute Gasteiger partial charge is 0.478 e. The minimum atomic E-state index is -1.31. The van der Waals surface area contributed by atoms with Gasteiger partial charge in [0, 0.05) is 17.8 Å². The Kier molecular flexibility index (Phi) is 5.85. The smallest absolute Gasteiger partial charge is 0.346 e. The molecule has 27 heavy (non-hydrogen) atoms. The summed E-state index contributed by atoms with van der Waals surface area (Å²) in [5.41, 5.74) is 0.310. The Labute approximate surface area is 155 Å². The maximum Gasteiger partial charge on any atom is 0.346 e. The fourth-order valence-corrected chi connectivity index (χ4v) is 2.42. The molecule has 1 aliphatic carbocycles. The molecule has 0 spiro atoms. The number of carboxylic acids is 1. The number of carboxylic acid groups (broad SMARTS) is 1. The molecule has 1 heterocycles. The van der Waals surface area contributed by atoms with Crippen LogP contribution in [0.5, 0.6) is 11.6 Å². The van der Waals surface area contributed by atoms with Crippen LogP contribution < -0.4 is 14.8 Å². The van der Waals surface area contributed by atoms with Crippen LogP contribution in [0.15, 0.2) is 42.6 Å². The van der Waals surface area contributed by atoms with Crippen LogP contribution in [0.4, 0.5) is 4.39 Å². The van der Waals surface area contributed by atoms with Crippen molar-refractivity contribution in [3.63, 3.8) is 0 Å². The van der Waals surface area contributed by atoms with Gasteiger partial charge in [-0.3, -0.25) is 4.79 Å². The second kappa shape index (κ2) is 8.48. The third-order valence-corrected chi connectivity index (χ3v) is 4.15. The lowest BCUT2D eigenvalue weighted by molar-refractivity contribution is -0.144. The summed E-state index contributed by atoms with van der Waals surface area (Å²) in [7, 11) is 0. The predicted molar refractivity (Wildman–Crippen MR) is 93.3 cm³/mol. The summed E-state index contributed by atoms with van der Waals surface area (Å²) < 4.78 is 23.9. The highest BCUT2D eigenvalue weighted by Gasteiger charge is 2.22. The molecule has 1 unspecified atom stereocenters. The average molecular weight is 374 g/mol. The molecule has 1 aromatic carbocycles. The van der Waals surface area contributed by atoms with Crippen molar-refractivity contribution >= 4 is 11.9 Å². The number of nitrogens with zero attached hydrogens (tertiary/aromatic N) is 1. The molecule has 0 aliphatic heterocycles. The second-order valence-corrected chi connectivity index (χ2v) is 6.16. The molecular weight excluding hydrogens is 355 g/mol. The van der Waals surface area contributed by atoms with Crippen LogP contribution in [0.1, 0.15) is 29.6 Å². The summed E-state index contributed by atoms with van der Waals surface area (Å²) in [6.07, 6.45) is 3.35. The molecule has 1 aromatic heterocycles. The van der Waals surface area contributed by atoms with Gasteiger partial charge < -0.3 is 19.9 Å². The summed E-state index contributed by atoms with van der Waals surface area (Å²) in [5, 5.41) is 11.8. The van der Waals surface area contributed by atoms with Crippen LogP contribution in [-0.2, 0) is 4.79 Å². The average Bonchev–Trinajstić information content (AvgIpc) is 2.63. The summed E-state index contributed by atoms with van der Waals surface area (Å²) in [4.78, 5) is 27.7. The first-order valence-corrected chi connectivity index (χ1v) is 8.57. The number of carbonyl (C=O) groups excluding carboxylic acids is 1. The quantitative estimate of drug-likeness (QED) is 0.736. The van der Waals surface area contributed by atoms with Gasteiger partial charge in [-0.2, -0.15) is 0 Å². The van der Waals surface area contributed by atoms with Crippen LogP contribution in [0.25, 0.3) is 0 Å². The highest BCUT2D eigenvalue weighted by Crippen LogP contribution is 2.24. The van der Waals surface area contributed by atoms with Gasteiger partial charge >= 0.3 is 5.97 Å². The number of aromatic nitrogens is 1. The lowest BCUT2D eigenvalue weighted by atomic mass is 9.96. The van der Waals surface area contributed by atoms with Crippen molar-refractivity contribution in [3.8, 4) is 11.6 Å². The summed E-state index contributed by atoms with van der Waals surface area (Å²) >= 11 is 0. The van der Waals surface area contributed by atoms with Gasteiger partial charge in [0.15, 0.2) is 0 Å². The number of carbonyl (C=O) groups is 2. The molecule has 1 amide bonds. The third-order valence-electron chi connectivity index (χ3n) is 4.15. The zero-order valence-electron chi connectivity index (χ0n) is 14.4. The highest BCUT2D eigenvalue weighted by atomic mass is 19.1. The van der Waals surface area contributed by atoms with Crippen molar-refractivity contribution < 1.29 is 28.6 Å². The van der Waals surface area contributed by atoms with Crippen molar-refractivity contribution in [3.05, 3.63) is 54.0 Å². The number of halogens is 1. The fraction of sp³-hybridized carbons (Fsp3) is 0.316. The van der Waals surface area contributed by atoms with E-state index in [4.69, 9.17) is 9.47 Å². The van der Waals surface area contributed by atoms with E-state index in [1.807, 2.05) is 0 Å². The van der Waals surface area contributed by atoms with E-state index in [0.717, 1.165) is 31.4 Å². The van der Waals surface area contributed by atoms with Crippen LogP contribution >= 0.6 is 0 Å². The van der Waals surface area contributed by atoms with Gasteiger partial charge in [-0.15, -0.1) is 0 Å². The molecule has 1 aliphatic rings. The first kappa shape index (κ1) is 18.6. The molecular formula is C19H19FN2O5. The van der Waals surface area contributed by atoms with Crippen LogP contribution in [0.3, 0.4) is 0 Å². The van der Waals surface area contributed by atoms with E-state index in [1.54, 1.807) is 0 Å². The molecule has 0 bridgehead atoms. The second-order valence-electron chi connectivity index (χ2n) is 6.16. The molecule has 1 fully saturated rings. The van der Waals surface area contributed by atoms with Gasteiger partial charge in [-0.05, 0) is 49.6 Å². The molecule has 8 heteroatoms. The van der Waals surface area contributed by atoms with E-state index in [-0.39, 0.29) is 18.4 Å². The molecule has 0 saturated heterocycles. The number of ether oxygens (including phenoxy) is 2. The molecule has 0 radical (unpaired) electrons. The summed E-state index contributed by atoms with van der Waals surface area (Å²) in [6, 6.07) is 7.99. The maximum absolute atomic E-state index is 12.9.